The smallest absolute Gasteiger partial charge is 0.393 e. The van der Waals surface area contributed by atoms with E-state index in [9.17, 15) is 18.0 Å². The largest absolute Gasteiger partial charge is 0.477 e. The molecule has 0 bridgehead atoms. The molecular weight excluding hydrogens is 205 g/mol. The molecule has 0 radical (unpaired) electrons. The topological polar surface area (TPSA) is 37.3 Å². The van der Waals surface area contributed by atoms with Crippen LogP contribution in [-0.4, -0.2) is 17.3 Å². The van der Waals surface area contributed by atoms with Crippen molar-refractivity contribution in [3.05, 3.63) is 21.9 Å². The van der Waals surface area contributed by atoms with Crippen molar-refractivity contribution in [1.82, 2.24) is 0 Å². The molecule has 13 heavy (non-hydrogen) atoms. The maximum Gasteiger partial charge on any atom is 0.393 e. The molecule has 0 amide bonds. The van der Waals surface area contributed by atoms with Gasteiger partial charge in [0.05, 0.1) is 6.42 Å². The lowest BCUT2D eigenvalue weighted by molar-refractivity contribution is -0.127. The number of carbonyl (C=O) groups is 1. The van der Waals surface area contributed by atoms with Crippen molar-refractivity contribution in [3.8, 4) is 0 Å². The molecule has 0 saturated heterocycles. The zero-order chi connectivity index (χ0) is 10.1. The molecule has 1 rings (SSSR count). The van der Waals surface area contributed by atoms with Crippen molar-refractivity contribution < 1.29 is 23.1 Å². The fourth-order valence-electron chi connectivity index (χ4n) is 0.878. The number of rotatable bonds is 2. The Hall–Kier alpha value is -1.04. The van der Waals surface area contributed by atoms with Crippen LogP contribution in [0.3, 0.4) is 0 Å². The van der Waals surface area contributed by atoms with Crippen LogP contribution in [-0.2, 0) is 6.42 Å². The number of thiophene rings is 1. The van der Waals surface area contributed by atoms with Crippen LogP contribution in [0.15, 0.2) is 11.4 Å². The van der Waals surface area contributed by atoms with Gasteiger partial charge in [0.1, 0.15) is 4.88 Å². The molecule has 1 N–H and O–H groups in total. The molecular formula is C7H5F3O2S. The van der Waals surface area contributed by atoms with Crippen molar-refractivity contribution in [2.24, 2.45) is 0 Å². The molecule has 0 aliphatic rings. The van der Waals surface area contributed by atoms with Gasteiger partial charge >= 0.3 is 12.1 Å². The van der Waals surface area contributed by atoms with Gasteiger partial charge in [-0.2, -0.15) is 13.2 Å². The third-order valence-electron chi connectivity index (χ3n) is 1.33. The molecule has 0 aromatic carbocycles. The normalized spacial score (nSPS) is 11.6. The van der Waals surface area contributed by atoms with Gasteiger partial charge in [-0.25, -0.2) is 4.79 Å². The zero-order valence-corrected chi connectivity index (χ0v) is 7.08. The van der Waals surface area contributed by atoms with Crippen LogP contribution < -0.4 is 0 Å². The van der Waals surface area contributed by atoms with Crippen molar-refractivity contribution in [2.75, 3.05) is 0 Å². The molecule has 72 valence electrons. The average Bonchev–Trinajstić information content (AvgIpc) is 2.31. The first-order chi connectivity index (χ1) is 5.90. The van der Waals surface area contributed by atoms with Gasteiger partial charge in [-0.1, -0.05) is 0 Å². The second-order valence-electron chi connectivity index (χ2n) is 2.37. The fraction of sp³-hybridized carbons (Fsp3) is 0.286. The molecule has 1 aromatic rings. The van der Waals surface area contributed by atoms with Gasteiger partial charge in [0.15, 0.2) is 0 Å². The van der Waals surface area contributed by atoms with E-state index >= 15 is 0 Å². The minimum Gasteiger partial charge on any atom is -0.477 e. The first kappa shape index (κ1) is 10.0. The number of hydrogen-bond donors (Lipinski definition) is 1. The molecule has 0 unspecified atom stereocenters. The van der Waals surface area contributed by atoms with Crippen LogP contribution in [0.4, 0.5) is 13.2 Å². The van der Waals surface area contributed by atoms with Gasteiger partial charge in [-0.05, 0) is 17.0 Å². The van der Waals surface area contributed by atoms with Crippen LogP contribution in [0.1, 0.15) is 15.2 Å². The molecule has 0 aliphatic heterocycles. The van der Waals surface area contributed by atoms with E-state index in [2.05, 4.69) is 0 Å². The summed E-state index contributed by atoms with van der Waals surface area (Å²) in [5.41, 5.74) is -0.176. The number of alkyl halides is 3. The minimum absolute atomic E-state index is 0.176. The van der Waals surface area contributed by atoms with Gasteiger partial charge in [-0.15, -0.1) is 11.3 Å². The van der Waals surface area contributed by atoms with Crippen LogP contribution in [0.25, 0.3) is 0 Å². The Morgan fingerprint density at radius 3 is 2.62 bits per heavy atom. The van der Waals surface area contributed by atoms with Gasteiger partial charge in [-0.3, -0.25) is 0 Å². The highest BCUT2D eigenvalue weighted by atomic mass is 32.1. The second-order valence-corrected chi connectivity index (χ2v) is 3.29. The van der Waals surface area contributed by atoms with Crippen LogP contribution in [0.2, 0.25) is 0 Å². The molecule has 1 heterocycles. The number of aromatic carboxylic acids is 1. The van der Waals surface area contributed by atoms with Gasteiger partial charge in [0, 0.05) is 0 Å². The molecule has 0 aliphatic carbocycles. The lowest BCUT2D eigenvalue weighted by atomic mass is 10.2. The zero-order valence-electron chi connectivity index (χ0n) is 6.26. The Morgan fingerprint density at radius 1 is 1.54 bits per heavy atom. The van der Waals surface area contributed by atoms with E-state index in [1.54, 1.807) is 0 Å². The third kappa shape index (κ3) is 2.73. The van der Waals surface area contributed by atoms with Crippen LogP contribution >= 0.6 is 11.3 Å². The molecule has 0 fully saturated rings. The fourth-order valence-corrected chi connectivity index (χ4v) is 1.64. The Balaban J connectivity index is 2.89. The van der Waals surface area contributed by atoms with E-state index in [0.717, 1.165) is 11.3 Å². The highest BCUT2D eigenvalue weighted by Crippen LogP contribution is 2.26. The summed E-state index contributed by atoms with van der Waals surface area (Å²) >= 11 is 0.799. The summed E-state index contributed by atoms with van der Waals surface area (Å²) in [6, 6.07) is 1.18. The number of carboxylic acid groups (broad SMARTS) is 1. The van der Waals surface area contributed by atoms with Gasteiger partial charge < -0.3 is 5.11 Å². The van der Waals surface area contributed by atoms with Crippen molar-refractivity contribution in [1.29, 1.82) is 0 Å². The molecule has 0 atom stereocenters. The van der Waals surface area contributed by atoms with E-state index < -0.39 is 18.6 Å². The van der Waals surface area contributed by atoms with Gasteiger partial charge in [0.25, 0.3) is 0 Å². The summed E-state index contributed by atoms with van der Waals surface area (Å²) in [7, 11) is 0. The van der Waals surface area contributed by atoms with Crippen molar-refractivity contribution in [3.63, 3.8) is 0 Å². The van der Waals surface area contributed by atoms with E-state index in [1.165, 1.54) is 11.4 Å². The average molecular weight is 210 g/mol. The minimum atomic E-state index is -4.36. The summed E-state index contributed by atoms with van der Waals surface area (Å²) in [4.78, 5) is 10.2. The Morgan fingerprint density at radius 2 is 2.15 bits per heavy atom. The second kappa shape index (κ2) is 3.37. The predicted molar refractivity (Wildman–Crippen MR) is 41.0 cm³/mol. The summed E-state index contributed by atoms with van der Waals surface area (Å²) in [6.45, 7) is 0. The Labute approximate surface area is 75.6 Å². The summed E-state index contributed by atoms with van der Waals surface area (Å²) in [5.74, 6) is -1.31. The predicted octanol–water partition coefficient (Wildman–Crippen LogP) is 2.55. The highest BCUT2D eigenvalue weighted by Gasteiger charge is 2.30. The highest BCUT2D eigenvalue weighted by molar-refractivity contribution is 7.12. The maximum atomic E-state index is 11.9. The monoisotopic (exact) mass is 210 g/mol. The quantitative estimate of drug-likeness (QED) is 0.814. The summed E-state index contributed by atoms with van der Waals surface area (Å²) in [6.07, 6.45) is -5.54. The Bertz CT molecular complexity index is 316. The lowest BCUT2D eigenvalue weighted by Gasteiger charge is -2.04. The first-order valence-electron chi connectivity index (χ1n) is 3.26. The van der Waals surface area contributed by atoms with Crippen molar-refractivity contribution >= 4 is 17.3 Å². The summed E-state index contributed by atoms with van der Waals surface area (Å²) < 4.78 is 35.6. The van der Waals surface area contributed by atoms with Gasteiger partial charge in [0.2, 0.25) is 0 Å². The van der Waals surface area contributed by atoms with E-state index in [0.29, 0.717) is 0 Å². The molecule has 2 nitrogen and oxygen atoms in total. The SMILES string of the molecule is O=C(O)c1sccc1CC(F)(F)F. The van der Waals surface area contributed by atoms with Crippen LogP contribution in [0.5, 0.6) is 0 Å². The van der Waals surface area contributed by atoms with E-state index in [4.69, 9.17) is 5.11 Å². The standard InChI is InChI=1S/C7H5F3O2S/c8-7(9,10)3-4-1-2-13-5(4)6(11)12/h1-2H,3H2,(H,11,12). The Kier molecular flexibility index (Phi) is 2.60. The third-order valence-corrected chi connectivity index (χ3v) is 2.28. The number of halogens is 3. The number of hydrogen-bond acceptors (Lipinski definition) is 2. The molecule has 6 heteroatoms. The van der Waals surface area contributed by atoms with E-state index in [1.807, 2.05) is 0 Å². The maximum absolute atomic E-state index is 11.9. The molecule has 1 aromatic heterocycles. The number of carboxylic acids is 1. The first-order valence-corrected chi connectivity index (χ1v) is 4.14. The summed E-state index contributed by atoms with van der Waals surface area (Å²) in [5, 5.41) is 9.83. The van der Waals surface area contributed by atoms with Crippen molar-refractivity contribution in [2.45, 2.75) is 12.6 Å². The van der Waals surface area contributed by atoms with Crippen LogP contribution in [0, 0.1) is 0 Å². The van der Waals surface area contributed by atoms with E-state index in [-0.39, 0.29) is 10.4 Å². The molecule has 0 spiro atoms. The molecule has 0 saturated carbocycles. The lowest BCUT2D eigenvalue weighted by Crippen LogP contribution is -2.13.